The van der Waals surface area contributed by atoms with Crippen LogP contribution in [0.5, 0.6) is 5.75 Å². The molecule has 2 aromatic rings. The van der Waals surface area contributed by atoms with Gasteiger partial charge in [-0.15, -0.1) is 0 Å². The molecule has 0 unspecified atom stereocenters. The van der Waals surface area contributed by atoms with Crippen molar-refractivity contribution >= 4 is 5.57 Å². The Kier molecular flexibility index (Phi) is 3.80. The molecular formula is C20H21NO2. The van der Waals surface area contributed by atoms with Crippen LogP contribution in [0, 0.1) is 0 Å². The fourth-order valence-electron chi connectivity index (χ4n) is 3.49. The molecule has 4 rings (SSSR count). The molecule has 1 fully saturated rings. The van der Waals surface area contributed by atoms with Crippen molar-refractivity contribution in [2.24, 2.45) is 0 Å². The molecule has 3 nitrogen and oxygen atoms in total. The second kappa shape index (κ2) is 6.09. The van der Waals surface area contributed by atoms with Crippen molar-refractivity contribution in [3.05, 3.63) is 71.9 Å². The van der Waals surface area contributed by atoms with Crippen molar-refractivity contribution in [3.8, 4) is 5.75 Å². The van der Waals surface area contributed by atoms with Crippen LogP contribution in [0.4, 0.5) is 0 Å². The predicted molar refractivity (Wildman–Crippen MR) is 91.0 cm³/mol. The van der Waals surface area contributed by atoms with Gasteiger partial charge in [-0.1, -0.05) is 42.5 Å². The third-order valence-electron chi connectivity index (χ3n) is 4.73. The number of hydrogen-bond acceptors (Lipinski definition) is 3. The van der Waals surface area contributed by atoms with E-state index in [1.807, 2.05) is 6.07 Å². The van der Waals surface area contributed by atoms with E-state index in [1.165, 1.54) is 16.7 Å². The van der Waals surface area contributed by atoms with Crippen LogP contribution in [-0.4, -0.2) is 24.8 Å². The van der Waals surface area contributed by atoms with Gasteiger partial charge in [0, 0.05) is 6.20 Å². The standard InChI is InChI=1S/C20H21NO2/c1-22-18-9-5-8-16(12-18)17-10-11-20-21(13-17)19(14-23-20)15-6-3-2-4-7-15/h2-9,12-13,19-20H,10-11,14H2,1H3/t19-,20+/m0/s1. The molecule has 0 N–H and O–H groups in total. The van der Waals surface area contributed by atoms with Crippen LogP contribution in [0.2, 0.25) is 0 Å². The molecule has 2 atom stereocenters. The fraction of sp³-hybridized carbons (Fsp3) is 0.300. The quantitative estimate of drug-likeness (QED) is 0.847. The number of hydrogen-bond donors (Lipinski definition) is 0. The summed E-state index contributed by atoms with van der Waals surface area (Å²) >= 11 is 0. The number of methoxy groups -OCH3 is 1. The first-order chi connectivity index (χ1) is 11.3. The number of rotatable bonds is 3. The first kappa shape index (κ1) is 14.3. The summed E-state index contributed by atoms with van der Waals surface area (Å²) in [4.78, 5) is 2.38. The van der Waals surface area contributed by atoms with Crippen LogP contribution in [0.25, 0.3) is 5.57 Å². The Bertz CT molecular complexity index is 711. The number of allylic oxidation sites excluding steroid dienone is 1. The molecular weight excluding hydrogens is 286 g/mol. The second-order valence-electron chi connectivity index (χ2n) is 6.09. The first-order valence-electron chi connectivity index (χ1n) is 8.14. The zero-order chi connectivity index (χ0) is 15.6. The minimum atomic E-state index is 0.203. The fourth-order valence-corrected chi connectivity index (χ4v) is 3.49. The van der Waals surface area contributed by atoms with Crippen molar-refractivity contribution < 1.29 is 9.47 Å². The highest BCUT2D eigenvalue weighted by Gasteiger charge is 2.35. The van der Waals surface area contributed by atoms with Crippen LogP contribution in [0.3, 0.4) is 0 Å². The van der Waals surface area contributed by atoms with E-state index in [1.54, 1.807) is 7.11 Å². The molecule has 3 heteroatoms. The van der Waals surface area contributed by atoms with Gasteiger partial charge < -0.3 is 14.4 Å². The molecule has 0 amide bonds. The molecule has 2 heterocycles. The molecule has 2 aromatic carbocycles. The zero-order valence-electron chi connectivity index (χ0n) is 13.3. The summed E-state index contributed by atoms with van der Waals surface area (Å²) in [6, 6.07) is 19.2. The molecule has 0 aliphatic carbocycles. The van der Waals surface area contributed by atoms with Crippen molar-refractivity contribution in [2.45, 2.75) is 25.1 Å². The Morgan fingerprint density at radius 1 is 1.09 bits per heavy atom. The molecule has 0 radical (unpaired) electrons. The SMILES string of the molecule is COc1cccc(C2=CN3[C@@H](CC2)OC[C@H]3c2ccccc2)c1. The number of benzene rings is 2. The third-order valence-corrected chi connectivity index (χ3v) is 4.73. The summed E-state index contributed by atoms with van der Waals surface area (Å²) in [5.41, 5.74) is 3.91. The maximum atomic E-state index is 6.01. The normalized spacial score (nSPS) is 23.3. The van der Waals surface area contributed by atoms with Crippen molar-refractivity contribution in [2.75, 3.05) is 13.7 Å². The number of ether oxygens (including phenoxy) is 2. The molecule has 0 spiro atoms. The van der Waals surface area contributed by atoms with Gasteiger partial charge in [0.15, 0.2) is 0 Å². The highest BCUT2D eigenvalue weighted by atomic mass is 16.5. The Morgan fingerprint density at radius 2 is 1.96 bits per heavy atom. The lowest BCUT2D eigenvalue weighted by Crippen LogP contribution is -2.30. The maximum Gasteiger partial charge on any atom is 0.130 e. The van der Waals surface area contributed by atoms with Gasteiger partial charge in [-0.3, -0.25) is 0 Å². The van der Waals surface area contributed by atoms with E-state index in [9.17, 15) is 0 Å². The van der Waals surface area contributed by atoms with Gasteiger partial charge >= 0.3 is 0 Å². The first-order valence-corrected chi connectivity index (χ1v) is 8.14. The van der Waals surface area contributed by atoms with Crippen LogP contribution in [0.1, 0.15) is 30.0 Å². The van der Waals surface area contributed by atoms with E-state index >= 15 is 0 Å². The lowest BCUT2D eigenvalue weighted by atomic mass is 9.97. The summed E-state index contributed by atoms with van der Waals surface area (Å²) < 4.78 is 11.4. The Morgan fingerprint density at radius 3 is 2.78 bits per heavy atom. The van der Waals surface area contributed by atoms with Gasteiger partial charge in [0.2, 0.25) is 0 Å². The molecule has 1 saturated heterocycles. The monoisotopic (exact) mass is 307 g/mol. The number of nitrogens with zero attached hydrogens (tertiary/aromatic N) is 1. The maximum absolute atomic E-state index is 6.01. The minimum Gasteiger partial charge on any atom is -0.497 e. The molecule has 0 saturated carbocycles. The molecule has 2 aliphatic heterocycles. The van der Waals surface area contributed by atoms with E-state index in [-0.39, 0.29) is 6.23 Å². The lowest BCUT2D eigenvalue weighted by molar-refractivity contribution is 0.0441. The predicted octanol–water partition coefficient (Wildman–Crippen LogP) is 4.23. The van der Waals surface area contributed by atoms with E-state index in [4.69, 9.17) is 9.47 Å². The van der Waals surface area contributed by atoms with E-state index in [0.29, 0.717) is 6.04 Å². The largest absolute Gasteiger partial charge is 0.497 e. The van der Waals surface area contributed by atoms with Crippen molar-refractivity contribution in [3.63, 3.8) is 0 Å². The molecule has 2 aliphatic rings. The van der Waals surface area contributed by atoms with Gasteiger partial charge in [-0.25, -0.2) is 0 Å². The highest BCUT2D eigenvalue weighted by molar-refractivity contribution is 5.67. The Balaban J connectivity index is 1.65. The highest BCUT2D eigenvalue weighted by Crippen LogP contribution is 2.39. The van der Waals surface area contributed by atoms with E-state index < -0.39 is 0 Å². The van der Waals surface area contributed by atoms with Crippen LogP contribution >= 0.6 is 0 Å². The summed E-state index contributed by atoms with van der Waals surface area (Å²) in [5, 5.41) is 0. The van der Waals surface area contributed by atoms with Crippen molar-refractivity contribution in [1.29, 1.82) is 0 Å². The summed E-state index contributed by atoms with van der Waals surface area (Å²) in [7, 11) is 1.71. The third kappa shape index (κ3) is 2.73. The van der Waals surface area contributed by atoms with E-state index in [2.05, 4.69) is 59.6 Å². The smallest absolute Gasteiger partial charge is 0.130 e. The average Bonchev–Trinajstić information content (AvgIpc) is 3.05. The van der Waals surface area contributed by atoms with Crippen LogP contribution in [0.15, 0.2) is 60.8 Å². The Hall–Kier alpha value is -2.26. The molecule has 0 bridgehead atoms. The van der Waals surface area contributed by atoms with Gasteiger partial charge in [0.05, 0.1) is 19.8 Å². The van der Waals surface area contributed by atoms with Crippen molar-refractivity contribution in [1.82, 2.24) is 4.90 Å². The van der Waals surface area contributed by atoms with Crippen LogP contribution in [-0.2, 0) is 4.74 Å². The zero-order valence-corrected chi connectivity index (χ0v) is 13.3. The van der Waals surface area contributed by atoms with Gasteiger partial charge in [-0.2, -0.15) is 0 Å². The number of fused-ring (bicyclic) bond motifs is 1. The molecule has 118 valence electrons. The minimum absolute atomic E-state index is 0.203. The average molecular weight is 307 g/mol. The molecule has 23 heavy (non-hydrogen) atoms. The second-order valence-corrected chi connectivity index (χ2v) is 6.09. The summed E-state index contributed by atoms with van der Waals surface area (Å²) in [6.07, 6.45) is 4.56. The summed E-state index contributed by atoms with van der Waals surface area (Å²) in [6.45, 7) is 0.760. The summed E-state index contributed by atoms with van der Waals surface area (Å²) in [5.74, 6) is 0.905. The van der Waals surface area contributed by atoms with Gasteiger partial charge in [0.1, 0.15) is 12.0 Å². The Labute approximate surface area is 137 Å². The van der Waals surface area contributed by atoms with Gasteiger partial charge in [-0.05, 0) is 41.7 Å². The lowest BCUT2D eigenvalue weighted by Gasteiger charge is -2.32. The topological polar surface area (TPSA) is 21.7 Å². The van der Waals surface area contributed by atoms with Crippen LogP contribution < -0.4 is 4.74 Å². The molecule has 0 aromatic heterocycles. The van der Waals surface area contributed by atoms with Gasteiger partial charge in [0.25, 0.3) is 0 Å². The van der Waals surface area contributed by atoms with E-state index in [0.717, 1.165) is 25.2 Å².